The van der Waals surface area contributed by atoms with Crippen LogP contribution in [0.3, 0.4) is 0 Å². The second kappa shape index (κ2) is 5.07. The molecule has 0 atom stereocenters. The van der Waals surface area contributed by atoms with E-state index in [9.17, 15) is 14.7 Å². The average molecular weight is 299 g/mol. The molecule has 0 bridgehead atoms. The lowest BCUT2D eigenvalue weighted by molar-refractivity contribution is 0.0556. The Balaban J connectivity index is 2.51. The summed E-state index contributed by atoms with van der Waals surface area (Å²) >= 11 is 0. The van der Waals surface area contributed by atoms with Gasteiger partial charge < -0.3 is 19.6 Å². The summed E-state index contributed by atoms with van der Waals surface area (Å²) in [6.07, 6.45) is 0. The molecule has 6 heteroatoms. The zero-order chi connectivity index (χ0) is 15.9. The molecule has 6 nitrogen and oxygen atoms in total. The summed E-state index contributed by atoms with van der Waals surface area (Å²) in [6, 6.07) is 8.50. The fourth-order valence-electron chi connectivity index (χ4n) is 2.60. The zero-order valence-corrected chi connectivity index (χ0v) is 12.0. The maximum atomic E-state index is 12.1. The van der Waals surface area contributed by atoms with Crippen LogP contribution in [0.15, 0.2) is 30.3 Å². The largest absolute Gasteiger partial charge is 0.507 e. The van der Waals surface area contributed by atoms with E-state index < -0.39 is 11.9 Å². The molecule has 1 aromatic heterocycles. The van der Waals surface area contributed by atoms with Crippen molar-refractivity contribution in [2.24, 2.45) is 0 Å². The molecule has 1 heterocycles. The molecule has 0 saturated carbocycles. The molecule has 0 aliphatic heterocycles. The summed E-state index contributed by atoms with van der Waals surface area (Å²) in [5.41, 5.74) is 1.07. The first-order chi connectivity index (χ1) is 10.6. The number of methoxy groups -OCH3 is 2. The fourth-order valence-corrected chi connectivity index (χ4v) is 2.60. The van der Waals surface area contributed by atoms with Gasteiger partial charge in [0, 0.05) is 10.9 Å². The summed E-state index contributed by atoms with van der Waals surface area (Å²) in [5.74, 6) is -1.52. The number of benzene rings is 2. The molecule has 0 radical (unpaired) electrons. The highest BCUT2D eigenvalue weighted by atomic mass is 16.5. The molecule has 3 rings (SSSR count). The molecular formula is C16H13NO5. The van der Waals surface area contributed by atoms with Gasteiger partial charge in [-0.15, -0.1) is 0 Å². The van der Waals surface area contributed by atoms with E-state index in [1.165, 1.54) is 20.3 Å². The molecule has 22 heavy (non-hydrogen) atoms. The van der Waals surface area contributed by atoms with Gasteiger partial charge in [0.1, 0.15) is 5.75 Å². The molecule has 112 valence electrons. The first-order valence-electron chi connectivity index (χ1n) is 6.51. The molecule has 0 saturated heterocycles. The van der Waals surface area contributed by atoms with Gasteiger partial charge in [0.05, 0.1) is 36.2 Å². The van der Waals surface area contributed by atoms with Gasteiger partial charge in [-0.1, -0.05) is 18.2 Å². The number of rotatable bonds is 2. The Hall–Kier alpha value is -3.02. The maximum absolute atomic E-state index is 12.1. The van der Waals surface area contributed by atoms with Crippen molar-refractivity contribution in [3.8, 4) is 5.75 Å². The Morgan fingerprint density at radius 2 is 1.77 bits per heavy atom. The number of nitrogens with one attached hydrogen (secondary N) is 1. The van der Waals surface area contributed by atoms with Crippen LogP contribution in [-0.2, 0) is 9.47 Å². The lowest BCUT2D eigenvalue weighted by Crippen LogP contribution is -2.12. The van der Waals surface area contributed by atoms with Crippen LogP contribution in [0.5, 0.6) is 5.75 Å². The molecular weight excluding hydrogens is 286 g/mol. The Bertz CT molecular complexity index is 910. The predicted molar refractivity (Wildman–Crippen MR) is 80.1 cm³/mol. The minimum absolute atomic E-state index is 0.0401. The van der Waals surface area contributed by atoms with Gasteiger partial charge >= 0.3 is 11.9 Å². The summed E-state index contributed by atoms with van der Waals surface area (Å²) in [5, 5.41) is 11.5. The second-order valence-corrected chi connectivity index (χ2v) is 4.72. The van der Waals surface area contributed by atoms with Crippen LogP contribution in [0.25, 0.3) is 21.8 Å². The lowest BCUT2D eigenvalue weighted by atomic mass is 10.0. The molecule has 3 aromatic rings. The highest BCUT2D eigenvalue weighted by Gasteiger charge is 2.26. The van der Waals surface area contributed by atoms with Gasteiger partial charge in [0.15, 0.2) is 0 Å². The molecule has 0 spiro atoms. The summed E-state index contributed by atoms with van der Waals surface area (Å²) in [7, 11) is 2.43. The third-order valence-electron chi connectivity index (χ3n) is 3.56. The van der Waals surface area contributed by atoms with Gasteiger partial charge in [-0.05, 0) is 12.1 Å². The number of carbonyl (C=O) groups excluding carboxylic acids is 2. The van der Waals surface area contributed by atoms with Crippen molar-refractivity contribution in [3.63, 3.8) is 0 Å². The smallest absolute Gasteiger partial charge is 0.340 e. The van der Waals surface area contributed by atoms with Crippen LogP contribution in [0, 0.1) is 0 Å². The average Bonchev–Trinajstić information content (AvgIpc) is 2.92. The van der Waals surface area contributed by atoms with E-state index >= 15 is 0 Å². The number of para-hydroxylation sites is 1. The Morgan fingerprint density at radius 3 is 2.45 bits per heavy atom. The topological polar surface area (TPSA) is 88.6 Å². The van der Waals surface area contributed by atoms with Crippen LogP contribution < -0.4 is 0 Å². The highest BCUT2D eigenvalue weighted by Crippen LogP contribution is 2.36. The number of hydrogen-bond acceptors (Lipinski definition) is 5. The number of aromatic hydroxyl groups is 1. The van der Waals surface area contributed by atoms with Crippen molar-refractivity contribution in [2.45, 2.75) is 0 Å². The van der Waals surface area contributed by atoms with E-state index in [1.807, 2.05) is 24.3 Å². The molecule has 2 aromatic carbocycles. The predicted octanol–water partition coefficient (Wildman–Crippen LogP) is 2.60. The van der Waals surface area contributed by atoms with Crippen molar-refractivity contribution in [1.82, 2.24) is 4.98 Å². The molecule has 0 fully saturated rings. The van der Waals surface area contributed by atoms with E-state index in [1.54, 1.807) is 0 Å². The quantitative estimate of drug-likeness (QED) is 0.710. The van der Waals surface area contributed by atoms with Gasteiger partial charge in [-0.25, -0.2) is 9.59 Å². The molecule has 2 N–H and O–H groups in total. The van der Waals surface area contributed by atoms with E-state index in [4.69, 9.17) is 4.74 Å². The normalized spacial score (nSPS) is 10.8. The summed E-state index contributed by atoms with van der Waals surface area (Å²) in [6.45, 7) is 0. The molecule has 0 unspecified atom stereocenters. The molecule has 0 amide bonds. The van der Waals surface area contributed by atoms with Gasteiger partial charge in [0.25, 0.3) is 0 Å². The Morgan fingerprint density at radius 1 is 1.09 bits per heavy atom. The standard InChI is InChI=1S/C16H13NO5/c1-21-15(19)9-7-11(18)12-8-5-3-4-6-10(8)17-14(12)13(9)16(20)22-2/h3-7,17-18H,1-2H3. The van der Waals surface area contributed by atoms with E-state index in [-0.39, 0.29) is 16.9 Å². The Kier molecular flexibility index (Phi) is 3.21. The maximum Gasteiger partial charge on any atom is 0.340 e. The van der Waals surface area contributed by atoms with Crippen LogP contribution in [0.4, 0.5) is 0 Å². The Labute approximate surface area is 125 Å². The first-order valence-corrected chi connectivity index (χ1v) is 6.51. The number of aromatic nitrogens is 1. The number of ether oxygens (including phenoxy) is 2. The molecule has 0 aliphatic carbocycles. The van der Waals surface area contributed by atoms with Crippen LogP contribution in [0.2, 0.25) is 0 Å². The monoisotopic (exact) mass is 299 g/mol. The third-order valence-corrected chi connectivity index (χ3v) is 3.56. The van der Waals surface area contributed by atoms with E-state index in [0.717, 1.165) is 10.9 Å². The SMILES string of the molecule is COC(=O)c1cc(O)c2c([nH]c3ccccc32)c1C(=O)OC. The van der Waals surface area contributed by atoms with Gasteiger partial charge in [-0.3, -0.25) is 0 Å². The number of carbonyl (C=O) groups is 2. The second-order valence-electron chi connectivity index (χ2n) is 4.72. The minimum Gasteiger partial charge on any atom is -0.507 e. The highest BCUT2D eigenvalue weighted by molar-refractivity contribution is 6.20. The van der Waals surface area contributed by atoms with Crippen molar-refractivity contribution in [2.75, 3.05) is 14.2 Å². The number of phenols is 1. The van der Waals surface area contributed by atoms with Crippen molar-refractivity contribution in [3.05, 3.63) is 41.5 Å². The third kappa shape index (κ3) is 1.88. The first kappa shape index (κ1) is 13.9. The van der Waals surface area contributed by atoms with E-state index in [2.05, 4.69) is 9.72 Å². The number of fused-ring (bicyclic) bond motifs is 3. The number of hydrogen-bond donors (Lipinski definition) is 2. The van der Waals surface area contributed by atoms with E-state index in [0.29, 0.717) is 10.9 Å². The number of esters is 2. The number of phenolic OH excluding ortho intramolecular Hbond substituents is 1. The van der Waals surface area contributed by atoms with Crippen molar-refractivity contribution in [1.29, 1.82) is 0 Å². The number of aromatic amines is 1. The summed E-state index contributed by atoms with van der Waals surface area (Å²) < 4.78 is 9.45. The van der Waals surface area contributed by atoms with Crippen LogP contribution in [0.1, 0.15) is 20.7 Å². The van der Waals surface area contributed by atoms with Crippen LogP contribution >= 0.6 is 0 Å². The minimum atomic E-state index is -0.726. The zero-order valence-electron chi connectivity index (χ0n) is 12.0. The van der Waals surface area contributed by atoms with Gasteiger partial charge in [-0.2, -0.15) is 0 Å². The van der Waals surface area contributed by atoms with Crippen molar-refractivity contribution < 1.29 is 24.2 Å². The summed E-state index contributed by atoms with van der Waals surface area (Å²) in [4.78, 5) is 27.1. The molecule has 0 aliphatic rings. The van der Waals surface area contributed by atoms with Gasteiger partial charge in [0.2, 0.25) is 0 Å². The van der Waals surface area contributed by atoms with Crippen molar-refractivity contribution >= 4 is 33.7 Å². The fraction of sp³-hybridized carbons (Fsp3) is 0.125. The van der Waals surface area contributed by atoms with Crippen LogP contribution in [-0.4, -0.2) is 36.2 Å². The lowest BCUT2D eigenvalue weighted by Gasteiger charge is -2.09. The number of H-pyrrole nitrogens is 1.